The molecule has 2 aromatic rings. The van der Waals surface area contributed by atoms with Crippen LogP contribution >= 0.6 is 11.6 Å². The molecule has 5 nitrogen and oxygen atoms in total. The van der Waals surface area contributed by atoms with Crippen LogP contribution < -0.4 is 5.32 Å². The number of benzene rings is 1. The van der Waals surface area contributed by atoms with Gasteiger partial charge in [0.1, 0.15) is 5.82 Å². The van der Waals surface area contributed by atoms with E-state index in [0.717, 1.165) is 24.8 Å². The number of amides is 2. The minimum absolute atomic E-state index is 0.0432. The molecule has 1 N–H and O–H groups in total. The van der Waals surface area contributed by atoms with Crippen LogP contribution in [0.25, 0.3) is 0 Å². The lowest BCUT2D eigenvalue weighted by atomic mass is 9.62. The lowest BCUT2D eigenvalue weighted by Crippen LogP contribution is -2.45. The second kappa shape index (κ2) is 7.51. The Morgan fingerprint density at radius 1 is 1.32 bits per heavy atom. The van der Waals surface area contributed by atoms with E-state index in [1.54, 1.807) is 17.3 Å². The largest absolute Gasteiger partial charge is 0.352 e. The Kier molecular flexibility index (Phi) is 5.06. The number of likely N-dealkylation sites (tertiary alicyclic amines) is 1. The number of aromatic nitrogens is 1. The first kappa shape index (κ1) is 18.9. The van der Waals surface area contributed by atoms with Crippen molar-refractivity contribution in [3.8, 4) is 0 Å². The van der Waals surface area contributed by atoms with Crippen LogP contribution in [0, 0.1) is 17.2 Å². The van der Waals surface area contributed by atoms with E-state index in [9.17, 15) is 14.0 Å². The van der Waals surface area contributed by atoms with Crippen LogP contribution in [0.15, 0.2) is 42.7 Å². The maximum absolute atomic E-state index is 14.1. The molecule has 1 aliphatic carbocycles. The number of carbonyl (C=O) groups excluding carboxylic acids is 2. The third-order valence-electron chi connectivity index (χ3n) is 5.95. The van der Waals surface area contributed by atoms with Crippen LogP contribution in [-0.2, 0) is 11.3 Å². The number of halogens is 2. The Labute approximate surface area is 167 Å². The topological polar surface area (TPSA) is 62.3 Å². The van der Waals surface area contributed by atoms with Crippen molar-refractivity contribution in [3.05, 3.63) is 64.7 Å². The number of hydrogen-bond donors (Lipinski definition) is 1. The summed E-state index contributed by atoms with van der Waals surface area (Å²) in [6.07, 6.45) is 6.25. The van der Waals surface area contributed by atoms with Gasteiger partial charge >= 0.3 is 0 Å². The molecule has 1 aliphatic heterocycles. The molecule has 1 unspecified atom stereocenters. The number of nitrogens with one attached hydrogen (secondary N) is 1. The van der Waals surface area contributed by atoms with Gasteiger partial charge in [-0.25, -0.2) is 4.39 Å². The molecule has 28 heavy (non-hydrogen) atoms. The summed E-state index contributed by atoms with van der Waals surface area (Å²) in [5, 5.41) is 3.28. The van der Waals surface area contributed by atoms with Gasteiger partial charge in [0.2, 0.25) is 5.91 Å². The lowest BCUT2D eigenvalue weighted by molar-refractivity contribution is -0.129. The van der Waals surface area contributed by atoms with E-state index in [4.69, 9.17) is 11.6 Å². The van der Waals surface area contributed by atoms with E-state index >= 15 is 0 Å². The average Bonchev–Trinajstić information content (AvgIpc) is 3.10. The minimum Gasteiger partial charge on any atom is -0.352 e. The Morgan fingerprint density at radius 3 is 2.82 bits per heavy atom. The number of carbonyl (C=O) groups is 2. The first-order chi connectivity index (χ1) is 13.5. The summed E-state index contributed by atoms with van der Waals surface area (Å²) in [5.74, 6) is -1.36. The van der Waals surface area contributed by atoms with Crippen LogP contribution in [0.4, 0.5) is 4.39 Å². The Morgan fingerprint density at radius 2 is 2.14 bits per heavy atom. The van der Waals surface area contributed by atoms with Crippen LogP contribution in [0.5, 0.6) is 0 Å². The number of pyridine rings is 1. The van der Waals surface area contributed by atoms with Gasteiger partial charge < -0.3 is 10.2 Å². The Bertz CT molecular complexity index is 902. The quantitative estimate of drug-likeness (QED) is 0.853. The fourth-order valence-electron chi connectivity index (χ4n) is 4.27. The second-order valence-corrected chi connectivity index (χ2v) is 8.09. The normalized spacial score (nSPS) is 20.1. The maximum Gasteiger partial charge on any atom is 0.256 e. The smallest absolute Gasteiger partial charge is 0.256 e. The highest BCUT2D eigenvalue weighted by atomic mass is 35.5. The van der Waals surface area contributed by atoms with E-state index in [0.29, 0.717) is 24.7 Å². The zero-order valence-corrected chi connectivity index (χ0v) is 16.1. The van der Waals surface area contributed by atoms with E-state index in [2.05, 4.69) is 10.3 Å². The van der Waals surface area contributed by atoms with Gasteiger partial charge in [-0.15, -0.1) is 0 Å². The predicted octanol–water partition coefficient (Wildman–Crippen LogP) is 3.43. The highest BCUT2D eigenvalue weighted by molar-refractivity contribution is 6.31. The summed E-state index contributed by atoms with van der Waals surface area (Å²) in [6, 6.07) is 7.69. The van der Waals surface area contributed by atoms with Crippen LogP contribution in [-0.4, -0.2) is 34.8 Å². The summed E-state index contributed by atoms with van der Waals surface area (Å²) in [7, 11) is 0. The Hall–Kier alpha value is -2.47. The summed E-state index contributed by atoms with van der Waals surface area (Å²) >= 11 is 5.93. The highest BCUT2D eigenvalue weighted by Gasteiger charge is 2.54. The number of nitrogens with zero attached hydrogens (tertiary/aromatic N) is 2. The molecule has 1 aromatic heterocycles. The van der Waals surface area contributed by atoms with Crippen LogP contribution in [0.3, 0.4) is 0 Å². The van der Waals surface area contributed by atoms with Crippen molar-refractivity contribution in [1.82, 2.24) is 15.2 Å². The summed E-state index contributed by atoms with van der Waals surface area (Å²) < 4.78 is 14.1. The molecular weight excluding hydrogens is 381 g/mol. The van der Waals surface area contributed by atoms with Crippen molar-refractivity contribution < 1.29 is 14.0 Å². The van der Waals surface area contributed by atoms with Gasteiger partial charge in [0.25, 0.3) is 5.91 Å². The molecule has 1 atom stereocenters. The molecule has 0 bridgehead atoms. The van der Waals surface area contributed by atoms with Crippen molar-refractivity contribution in [1.29, 1.82) is 0 Å². The summed E-state index contributed by atoms with van der Waals surface area (Å²) in [6.45, 7) is 1.17. The molecule has 2 aliphatic rings. The molecule has 7 heteroatoms. The fraction of sp³-hybridized carbons (Fsp3) is 0.381. The number of hydrogen-bond acceptors (Lipinski definition) is 3. The van der Waals surface area contributed by atoms with Crippen molar-refractivity contribution in [2.24, 2.45) is 11.3 Å². The second-order valence-electron chi connectivity index (χ2n) is 7.66. The predicted molar refractivity (Wildman–Crippen MR) is 103 cm³/mol. The molecule has 2 heterocycles. The number of rotatable bonds is 4. The van der Waals surface area contributed by atoms with Gasteiger partial charge in [-0.2, -0.15) is 0 Å². The fourth-order valence-corrected chi connectivity index (χ4v) is 4.44. The van der Waals surface area contributed by atoms with E-state index < -0.39 is 11.7 Å². The van der Waals surface area contributed by atoms with Gasteiger partial charge in [-0.3, -0.25) is 14.6 Å². The summed E-state index contributed by atoms with van der Waals surface area (Å²) in [5.41, 5.74) is 0.674. The molecule has 1 saturated carbocycles. The third kappa shape index (κ3) is 3.49. The van der Waals surface area contributed by atoms with Gasteiger partial charge in [0.05, 0.1) is 11.5 Å². The molecule has 146 valence electrons. The van der Waals surface area contributed by atoms with Crippen LogP contribution in [0.2, 0.25) is 5.02 Å². The first-order valence-electron chi connectivity index (χ1n) is 9.39. The van der Waals surface area contributed by atoms with Gasteiger partial charge in [-0.05, 0) is 42.7 Å². The summed E-state index contributed by atoms with van der Waals surface area (Å²) in [4.78, 5) is 31.4. The monoisotopic (exact) mass is 401 g/mol. The molecule has 4 rings (SSSR count). The van der Waals surface area contributed by atoms with Crippen molar-refractivity contribution >= 4 is 23.4 Å². The van der Waals surface area contributed by atoms with E-state index in [1.165, 1.54) is 18.2 Å². The zero-order chi connectivity index (χ0) is 19.7. The van der Waals surface area contributed by atoms with Crippen molar-refractivity contribution in [3.63, 3.8) is 0 Å². The zero-order valence-electron chi connectivity index (χ0n) is 15.3. The van der Waals surface area contributed by atoms with Gasteiger partial charge in [0, 0.05) is 42.5 Å². The van der Waals surface area contributed by atoms with Crippen molar-refractivity contribution in [2.75, 3.05) is 13.1 Å². The minimum atomic E-state index is -0.596. The average molecular weight is 402 g/mol. The first-order valence-corrected chi connectivity index (χ1v) is 9.77. The molecular formula is C21H21ClFN3O2. The molecule has 1 saturated heterocycles. The molecule has 1 spiro atoms. The van der Waals surface area contributed by atoms with Gasteiger partial charge in [-0.1, -0.05) is 24.1 Å². The molecule has 0 radical (unpaired) electrons. The third-order valence-corrected chi connectivity index (χ3v) is 6.18. The SMILES string of the molecule is O=C(NCc1cccnc1)C1CN(C(=O)c2cc(Cl)ccc2F)CC12CCC2. The highest BCUT2D eigenvalue weighted by Crippen LogP contribution is 2.52. The standard InChI is InChI=1S/C21H21ClFN3O2/c22-15-4-5-18(23)16(9-15)20(28)26-12-17(21(13-26)6-2-7-21)19(27)25-11-14-3-1-8-24-10-14/h1,3-5,8-10,17H,2,6-7,11-13H2,(H,25,27). The lowest BCUT2D eigenvalue weighted by Gasteiger charge is -2.41. The van der Waals surface area contributed by atoms with Gasteiger partial charge in [0.15, 0.2) is 0 Å². The van der Waals surface area contributed by atoms with E-state index in [-0.39, 0.29) is 22.8 Å². The Balaban J connectivity index is 1.48. The van der Waals surface area contributed by atoms with Crippen LogP contribution in [0.1, 0.15) is 35.2 Å². The van der Waals surface area contributed by atoms with Crippen molar-refractivity contribution in [2.45, 2.75) is 25.8 Å². The maximum atomic E-state index is 14.1. The van der Waals surface area contributed by atoms with E-state index in [1.807, 2.05) is 12.1 Å². The molecule has 2 fully saturated rings. The molecule has 1 aromatic carbocycles. The molecule has 2 amide bonds.